The molecule has 0 bridgehead atoms. The third-order valence-electron chi connectivity index (χ3n) is 2.48. The minimum atomic E-state index is -1.23. The summed E-state index contributed by atoms with van der Waals surface area (Å²) in [6.07, 6.45) is 0.496. The molecule has 0 amide bonds. The molecule has 0 aliphatic carbocycles. The third-order valence-corrected chi connectivity index (χ3v) is 2.72. The van der Waals surface area contributed by atoms with Gasteiger partial charge in [-0.2, -0.15) is 0 Å². The second kappa shape index (κ2) is 5.06. The maximum absolute atomic E-state index is 11.5. The van der Waals surface area contributed by atoms with Crippen molar-refractivity contribution in [2.45, 2.75) is 6.42 Å². The van der Waals surface area contributed by atoms with E-state index in [1.54, 1.807) is 18.2 Å². The SMILES string of the molecule is O=C(O)c1ccc(Cc2cccc(Cl)c2)[nH]c1=O. The Kier molecular flexibility index (Phi) is 3.48. The van der Waals surface area contributed by atoms with Crippen molar-refractivity contribution in [3.05, 3.63) is 68.6 Å². The topological polar surface area (TPSA) is 70.2 Å². The normalized spacial score (nSPS) is 10.3. The van der Waals surface area contributed by atoms with E-state index in [2.05, 4.69) is 4.98 Å². The first-order valence-corrected chi connectivity index (χ1v) is 5.64. The average Bonchev–Trinajstić information content (AvgIpc) is 2.28. The molecule has 0 saturated carbocycles. The van der Waals surface area contributed by atoms with Crippen LogP contribution in [0.1, 0.15) is 21.6 Å². The molecule has 0 saturated heterocycles. The van der Waals surface area contributed by atoms with Crippen molar-refractivity contribution in [3.63, 3.8) is 0 Å². The molecule has 0 spiro atoms. The number of rotatable bonds is 3. The second-order valence-corrected chi connectivity index (χ2v) is 4.27. The summed E-state index contributed by atoms with van der Waals surface area (Å²) in [5, 5.41) is 9.37. The fraction of sp³-hybridized carbons (Fsp3) is 0.0769. The molecule has 0 aliphatic rings. The fourth-order valence-corrected chi connectivity index (χ4v) is 1.87. The number of H-pyrrole nitrogens is 1. The van der Waals surface area contributed by atoms with E-state index in [0.29, 0.717) is 17.1 Å². The van der Waals surface area contributed by atoms with Crippen molar-refractivity contribution < 1.29 is 9.90 Å². The minimum absolute atomic E-state index is 0.259. The first-order chi connectivity index (χ1) is 8.56. The summed E-state index contributed by atoms with van der Waals surface area (Å²) < 4.78 is 0. The molecular weight excluding hydrogens is 254 g/mol. The average molecular weight is 264 g/mol. The van der Waals surface area contributed by atoms with E-state index in [9.17, 15) is 9.59 Å². The van der Waals surface area contributed by atoms with Gasteiger partial charge in [0.25, 0.3) is 5.56 Å². The number of carboxylic acid groups (broad SMARTS) is 1. The standard InChI is InChI=1S/C13H10ClNO3/c14-9-3-1-2-8(6-9)7-10-4-5-11(13(17)18)12(16)15-10/h1-6H,7H2,(H,15,16)(H,17,18). The van der Waals surface area contributed by atoms with Crippen molar-refractivity contribution >= 4 is 17.6 Å². The smallest absolute Gasteiger partial charge is 0.341 e. The highest BCUT2D eigenvalue weighted by molar-refractivity contribution is 6.30. The Hall–Kier alpha value is -2.07. The Bertz CT molecular complexity index is 649. The summed E-state index contributed by atoms with van der Waals surface area (Å²) in [4.78, 5) is 24.7. The van der Waals surface area contributed by atoms with Gasteiger partial charge in [0, 0.05) is 17.1 Å². The molecule has 2 N–H and O–H groups in total. The molecule has 18 heavy (non-hydrogen) atoms. The summed E-state index contributed by atoms with van der Waals surface area (Å²) >= 11 is 5.86. The van der Waals surface area contributed by atoms with E-state index in [1.165, 1.54) is 6.07 Å². The molecule has 1 aromatic heterocycles. The molecule has 1 aromatic carbocycles. The summed E-state index contributed by atoms with van der Waals surface area (Å²) in [5.41, 5.74) is 0.736. The Balaban J connectivity index is 2.28. The Labute approximate surface area is 108 Å². The van der Waals surface area contributed by atoms with E-state index in [0.717, 1.165) is 5.56 Å². The fourth-order valence-electron chi connectivity index (χ4n) is 1.65. The number of aromatic nitrogens is 1. The number of hydrogen-bond donors (Lipinski definition) is 2. The van der Waals surface area contributed by atoms with Crippen LogP contribution >= 0.6 is 11.6 Å². The summed E-state index contributed by atoms with van der Waals surface area (Å²) in [7, 11) is 0. The van der Waals surface area contributed by atoms with Gasteiger partial charge in [-0.15, -0.1) is 0 Å². The number of aromatic carboxylic acids is 1. The quantitative estimate of drug-likeness (QED) is 0.893. The van der Waals surface area contributed by atoms with Crippen LogP contribution in [0.5, 0.6) is 0 Å². The van der Waals surface area contributed by atoms with Gasteiger partial charge in [0.1, 0.15) is 5.56 Å². The number of pyridine rings is 1. The molecule has 5 heteroatoms. The van der Waals surface area contributed by atoms with Crippen molar-refractivity contribution in [1.29, 1.82) is 0 Å². The van der Waals surface area contributed by atoms with E-state index >= 15 is 0 Å². The number of nitrogens with one attached hydrogen (secondary N) is 1. The van der Waals surface area contributed by atoms with Crippen LogP contribution in [0.25, 0.3) is 0 Å². The van der Waals surface area contributed by atoms with Crippen LogP contribution in [0.15, 0.2) is 41.2 Å². The zero-order valence-electron chi connectivity index (χ0n) is 9.31. The largest absolute Gasteiger partial charge is 0.477 e. The summed E-state index contributed by atoms with van der Waals surface area (Å²) in [6.45, 7) is 0. The van der Waals surface area contributed by atoms with Gasteiger partial charge in [0.05, 0.1) is 0 Å². The minimum Gasteiger partial charge on any atom is -0.477 e. The molecule has 92 valence electrons. The van der Waals surface area contributed by atoms with Crippen LogP contribution in [-0.2, 0) is 6.42 Å². The first kappa shape index (κ1) is 12.4. The van der Waals surface area contributed by atoms with Gasteiger partial charge in [-0.25, -0.2) is 4.79 Å². The molecule has 0 radical (unpaired) electrons. The van der Waals surface area contributed by atoms with Crippen LogP contribution in [0.4, 0.5) is 0 Å². The molecule has 2 rings (SSSR count). The van der Waals surface area contributed by atoms with E-state index < -0.39 is 11.5 Å². The van der Waals surface area contributed by atoms with E-state index in [-0.39, 0.29) is 5.56 Å². The maximum Gasteiger partial charge on any atom is 0.341 e. The van der Waals surface area contributed by atoms with Crippen molar-refractivity contribution in [1.82, 2.24) is 4.98 Å². The van der Waals surface area contributed by atoms with Crippen LogP contribution in [0, 0.1) is 0 Å². The number of aromatic amines is 1. The second-order valence-electron chi connectivity index (χ2n) is 3.84. The lowest BCUT2D eigenvalue weighted by Crippen LogP contribution is -2.18. The Morgan fingerprint density at radius 2 is 2.06 bits per heavy atom. The summed E-state index contributed by atoms with van der Waals surface area (Å²) in [5.74, 6) is -1.23. The maximum atomic E-state index is 11.5. The molecule has 1 heterocycles. The van der Waals surface area contributed by atoms with Gasteiger partial charge in [-0.05, 0) is 29.8 Å². The van der Waals surface area contributed by atoms with Gasteiger partial charge < -0.3 is 10.1 Å². The number of carbonyl (C=O) groups is 1. The molecule has 4 nitrogen and oxygen atoms in total. The monoisotopic (exact) mass is 263 g/mol. The van der Waals surface area contributed by atoms with Crippen LogP contribution in [-0.4, -0.2) is 16.1 Å². The molecule has 2 aromatic rings. The van der Waals surface area contributed by atoms with Gasteiger partial charge in [0.2, 0.25) is 0 Å². The van der Waals surface area contributed by atoms with Crippen LogP contribution < -0.4 is 5.56 Å². The van der Waals surface area contributed by atoms with Crippen molar-refractivity contribution in [3.8, 4) is 0 Å². The van der Waals surface area contributed by atoms with E-state index in [1.807, 2.05) is 12.1 Å². The van der Waals surface area contributed by atoms with Gasteiger partial charge in [-0.3, -0.25) is 4.79 Å². The van der Waals surface area contributed by atoms with Gasteiger partial charge in [0.15, 0.2) is 0 Å². The zero-order chi connectivity index (χ0) is 13.1. The number of carboxylic acids is 1. The number of halogens is 1. The lowest BCUT2D eigenvalue weighted by Gasteiger charge is -2.03. The van der Waals surface area contributed by atoms with E-state index in [4.69, 9.17) is 16.7 Å². The van der Waals surface area contributed by atoms with Gasteiger partial charge in [-0.1, -0.05) is 23.7 Å². The highest BCUT2D eigenvalue weighted by Gasteiger charge is 2.08. The Morgan fingerprint density at radius 3 is 2.67 bits per heavy atom. The predicted molar refractivity (Wildman–Crippen MR) is 68.3 cm³/mol. The van der Waals surface area contributed by atoms with Crippen molar-refractivity contribution in [2.24, 2.45) is 0 Å². The molecule has 0 fully saturated rings. The molecular formula is C13H10ClNO3. The Morgan fingerprint density at radius 1 is 1.28 bits per heavy atom. The van der Waals surface area contributed by atoms with Crippen LogP contribution in [0.2, 0.25) is 5.02 Å². The number of benzene rings is 1. The number of hydrogen-bond acceptors (Lipinski definition) is 2. The summed E-state index contributed by atoms with van der Waals surface area (Å²) in [6, 6.07) is 10.2. The predicted octanol–water partition coefficient (Wildman–Crippen LogP) is 2.32. The molecule has 0 aliphatic heterocycles. The lowest BCUT2D eigenvalue weighted by atomic mass is 10.1. The third kappa shape index (κ3) is 2.78. The highest BCUT2D eigenvalue weighted by atomic mass is 35.5. The van der Waals surface area contributed by atoms with Crippen molar-refractivity contribution in [2.75, 3.05) is 0 Å². The molecule has 0 unspecified atom stereocenters. The zero-order valence-corrected chi connectivity index (χ0v) is 10.1. The van der Waals surface area contributed by atoms with Crippen LogP contribution in [0.3, 0.4) is 0 Å². The lowest BCUT2D eigenvalue weighted by molar-refractivity contribution is 0.0695. The van der Waals surface area contributed by atoms with Gasteiger partial charge >= 0.3 is 5.97 Å². The molecule has 0 atom stereocenters. The first-order valence-electron chi connectivity index (χ1n) is 5.26. The highest BCUT2D eigenvalue weighted by Crippen LogP contribution is 2.13.